The quantitative estimate of drug-likeness (QED) is 0.761. The van der Waals surface area contributed by atoms with E-state index in [9.17, 15) is 4.79 Å². The van der Waals surface area contributed by atoms with Crippen LogP contribution in [-0.2, 0) is 6.42 Å². The molecule has 0 bridgehead atoms. The van der Waals surface area contributed by atoms with Gasteiger partial charge in [0.1, 0.15) is 0 Å². The van der Waals surface area contributed by atoms with Gasteiger partial charge in [-0.2, -0.15) is 0 Å². The predicted molar refractivity (Wildman–Crippen MR) is 75.5 cm³/mol. The summed E-state index contributed by atoms with van der Waals surface area (Å²) in [5, 5.41) is 0. The average Bonchev–Trinajstić information content (AvgIpc) is 2.47. The zero-order valence-corrected chi connectivity index (χ0v) is 11.1. The number of aromatic nitrogens is 1. The number of fused-ring (bicyclic) bond motifs is 1. The first-order valence-corrected chi connectivity index (χ1v) is 6.80. The Labute approximate surface area is 113 Å². The number of carbonyl (C=O) groups is 1. The molecule has 0 fully saturated rings. The molecule has 1 unspecified atom stereocenters. The van der Waals surface area contributed by atoms with Crippen LogP contribution in [0.3, 0.4) is 0 Å². The first-order chi connectivity index (χ1) is 9.25. The van der Waals surface area contributed by atoms with Crippen LogP contribution in [0.25, 0.3) is 0 Å². The summed E-state index contributed by atoms with van der Waals surface area (Å²) in [5.41, 5.74) is 4.63. The van der Waals surface area contributed by atoms with Crippen molar-refractivity contribution in [3.05, 3.63) is 65.0 Å². The molecule has 2 aromatic rings. The summed E-state index contributed by atoms with van der Waals surface area (Å²) in [6.07, 6.45) is 5.35. The molecule has 1 aliphatic rings. The largest absolute Gasteiger partial charge is 0.295 e. The summed E-state index contributed by atoms with van der Waals surface area (Å²) in [6, 6.07) is 12.2. The Morgan fingerprint density at radius 1 is 1.21 bits per heavy atom. The summed E-state index contributed by atoms with van der Waals surface area (Å²) < 4.78 is 0. The molecule has 1 aromatic carbocycles. The van der Waals surface area contributed by atoms with Gasteiger partial charge in [-0.1, -0.05) is 30.3 Å². The lowest BCUT2D eigenvalue weighted by molar-refractivity contribution is 0.101. The molecule has 1 aliphatic carbocycles. The number of benzene rings is 1. The molecule has 2 heteroatoms. The van der Waals surface area contributed by atoms with Gasteiger partial charge in [0.15, 0.2) is 5.78 Å². The van der Waals surface area contributed by atoms with Crippen LogP contribution in [0, 0.1) is 0 Å². The molecule has 19 heavy (non-hydrogen) atoms. The lowest BCUT2D eigenvalue weighted by Crippen LogP contribution is -2.13. The number of pyridine rings is 1. The fraction of sp³-hybridized carbons (Fsp3) is 0.294. The van der Waals surface area contributed by atoms with Crippen molar-refractivity contribution in [2.24, 2.45) is 0 Å². The lowest BCUT2D eigenvalue weighted by Gasteiger charge is -2.24. The van der Waals surface area contributed by atoms with Gasteiger partial charge in [0, 0.05) is 17.7 Å². The molecule has 1 aromatic heterocycles. The number of hydrogen-bond acceptors (Lipinski definition) is 2. The molecule has 96 valence electrons. The van der Waals surface area contributed by atoms with Crippen LogP contribution in [0.15, 0.2) is 42.6 Å². The Bertz CT molecular complexity index is 601. The normalized spacial score (nSPS) is 17.8. The van der Waals surface area contributed by atoms with E-state index in [4.69, 9.17) is 0 Å². The molecule has 0 saturated carbocycles. The SMILES string of the molecule is CC(=O)c1ccc(C2CCCc3cccnc32)cc1. The topological polar surface area (TPSA) is 30.0 Å². The van der Waals surface area contributed by atoms with E-state index in [0.717, 1.165) is 18.4 Å². The monoisotopic (exact) mass is 251 g/mol. The third-order valence-corrected chi connectivity index (χ3v) is 3.91. The molecule has 3 rings (SSSR count). The average molecular weight is 251 g/mol. The van der Waals surface area contributed by atoms with Gasteiger partial charge >= 0.3 is 0 Å². The maximum absolute atomic E-state index is 11.3. The molecule has 1 atom stereocenters. The van der Waals surface area contributed by atoms with Crippen LogP contribution >= 0.6 is 0 Å². The number of nitrogens with zero attached hydrogens (tertiary/aromatic N) is 1. The van der Waals surface area contributed by atoms with Gasteiger partial charge in [-0.15, -0.1) is 0 Å². The van der Waals surface area contributed by atoms with Crippen molar-refractivity contribution in [2.45, 2.75) is 32.1 Å². The van der Waals surface area contributed by atoms with Crippen molar-refractivity contribution in [3.63, 3.8) is 0 Å². The minimum absolute atomic E-state index is 0.119. The fourth-order valence-electron chi connectivity index (χ4n) is 2.88. The highest BCUT2D eigenvalue weighted by molar-refractivity contribution is 5.94. The second-order valence-corrected chi connectivity index (χ2v) is 5.17. The molecular formula is C17H17NO. The highest BCUT2D eigenvalue weighted by atomic mass is 16.1. The van der Waals surface area contributed by atoms with Crippen molar-refractivity contribution in [1.82, 2.24) is 4.98 Å². The minimum Gasteiger partial charge on any atom is -0.295 e. The Morgan fingerprint density at radius 3 is 2.74 bits per heavy atom. The van der Waals surface area contributed by atoms with Crippen LogP contribution in [-0.4, -0.2) is 10.8 Å². The van der Waals surface area contributed by atoms with E-state index in [1.807, 2.05) is 24.4 Å². The lowest BCUT2D eigenvalue weighted by atomic mass is 9.82. The summed E-state index contributed by atoms with van der Waals surface area (Å²) >= 11 is 0. The summed E-state index contributed by atoms with van der Waals surface area (Å²) in [7, 11) is 0. The molecule has 0 amide bonds. The third kappa shape index (κ3) is 2.30. The van der Waals surface area contributed by atoms with E-state index in [-0.39, 0.29) is 5.78 Å². The Morgan fingerprint density at radius 2 is 2.00 bits per heavy atom. The Hall–Kier alpha value is -1.96. The zero-order valence-electron chi connectivity index (χ0n) is 11.1. The molecule has 1 heterocycles. The number of aryl methyl sites for hydroxylation is 1. The molecule has 0 aliphatic heterocycles. The van der Waals surface area contributed by atoms with Gasteiger partial charge in [-0.25, -0.2) is 0 Å². The van der Waals surface area contributed by atoms with Crippen LogP contribution in [0.4, 0.5) is 0 Å². The predicted octanol–water partition coefficient (Wildman–Crippen LogP) is 3.75. The van der Waals surface area contributed by atoms with Gasteiger partial charge in [0.25, 0.3) is 0 Å². The second-order valence-electron chi connectivity index (χ2n) is 5.17. The highest BCUT2D eigenvalue weighted by Crippen LogP contribution is 2.35. The summed E-state index contributed by atoms with van der Waals surface area (Å²) in [4.78, 5) is 15.9. The second kappa shape index (κ2) is 4.96. The van der Waals surface area contributed by atoms with Crippen molar-refractivity contribution in [1.29, 1.82) is 0 Å². The molecule has 0 radical (unpaired) electrons. The standard InChI is InChI=1S/C17H17NO/c1-12(19)13-7-9-14(10-8-13)16-6-2-4-15-5-3-11-18-17(15)16/h3,5,7-11,16H,2,4,6H2,1H3. The number of rotatable bonds is 2. The van der Waals surface area contributed by atoms with E-state index < -0.39 is 0 Å². The molecular weight excluding hydrogens is 234 g/mol. The number of hydrogen-bond donors (Lipinski definition) is 0. The third-order valence-electron chi connectivity index (χ3n) is 3.91. The fourth-order valence-corrected chi connectivity index (χ4v) is 2.88. The van der Waals surface area contributed by atoms with E-state index in [2.05, 4.69) is 23.2 Å². The van der Waals surface area contributed by atoms with Crippen LogP contribution in [0.5, 0.6) is 0 Å². The number of ketones is 1. The maximum atomic E-state index is 11.3. The molecule has 0 N–H and O–H groups in total. The Balaban J connectivity index is 1.97. The van der Waals surface area contributed by atoms with Gasteiger partial charge in [-0.3, -0.25) is 9.78 Å². The smallest absolute Gasteiger partial charge is 0.159 e. The highest BCUT2D eigenvalue weighted by Gasteiger charge is 2.22. The van der Waals surface area contributed by atoms with Gasteiger partial charge in [-0.05, 0) is 43.4 Å². The van der Waals surface area contributed by atoms with E-state index in [1.54, 1.807) is 6.92 Å². The van der Waals surface area contributed by atoms with Crippen LogP contribution in [0.1, 0.15) is 52.9 Å². The first kappa shape index (κ1) is 12.1. The van der Waals surface area contributed by atoms with Gasteiger partial charge in [0.2, 0.25) is 0 Å². The van der Waals surface area contributed by atoms with E-state index in [0.29, 0.717) is 5.92 Å². The maximum Gasteiger partial charge on any atom is 0.159 e. The Kier molecular flexibility index (Phi) is 3.16. The number of carbonyl (C=O) groups excluding carboxylic acids is 1. The van der Waals surface area contributed by atoms with E-state index >= 15 is 0 Å². The van der Waals surface area contributed by atoms with Crippen molar-refractivity contribution >= 4 is 5.78 Å². The van der Waals surface area contributed by atoms with Gasteiger partial charge < -0.3 is 0 Å². The molecule has 0 saturated heterocycles. The van der Waals surface area contributed by atoms with Crippen molar-refractivity contribution < 1.29 is 4.79 Å². The van der Waals surface area contributed by atoms with Crippen LogP contribution < -0.4 is 0 Å². The number of Topliss-reactive ketones (excluding diaryl/α,β-unsaturated/α-hetero) is 1. The van der Waals surface area contributed by atoms with Crippen LogP contribution in [0.2, 0.25) is 0 Å². The van der Waals surface area contributed by atoms with Gasteiger partial charge in [0.05, 0.1) is 5.69 Å². The van der Waals surface area contributed by atoms with E-state index in [1.165, 1.54) is 23.2 Å². The first-order valence-electron chi connectivity index (χ1n) is 6.80. The molecule has 2 nitrogen and oxygen atoms in total. The molecule has 0 spiro atoms. The minimum atomic E-state index is 0.119. The summed E-state index contributed by atoms with van der Waals surface area (Å²) in [6.45, 7) is 1.60. The summed E-state index contributed by atoms with van der Waals surface area (Å²) in [5.74, 6) is 0.500. The van der Waals surface area contributed by atoms with Crippen molar-refractivity contribution in [3.8, 4) is 0 Å². The van der Waals surface area contributed by atoms with Crippen molar-refractivity contribution in [2.75, 3.05) is 0 Å². The zero-order chi connectivity index (χ0) is 13.2.